The number of ether oxygens (including phenoxy) is 5. The second-order valence-corrected chi connectivity index (χ2v) is 9.72. The number of anilines is 1. The Kier molecular flexibility index (Phi) is 6.80. The maximum atomic E-state index is 15.1. The van der Waals surface area contributed by atoms with E-state index in [-0.39, 0.29) is 37.2 Å². The first-order valence-corrected chi connectivity index (χ1v) is 12.8. The largest absolute Gasteiger partial charge is 0.491 e. The third-order valence-electron chi connectivity index (χ3n) is 6.90. The lowest BCUT2D eigenvalue weighted by Gasteiger charge is -2.17. The molecule has 2 unspecified atom stereocenters. The molecule has 0 radical (unpaired) electrons. The van der Waals surface area contributed by atoms with Crippen LogP contribution in [-0.4, -0.2) is 77.5 Å². The molecule has 0 bridgehead atoms. The van der Waals surface area contributed by atoms with Crippen molar-refractivity contribution in [3.05, 3.63) is 40.2 Å². The summed E-state index contributed by atoms with van der Waals surface area (Å²) >= 11 is 6.52. The predicted molar refractivity (Wildman–Crippen MR) is 132 cm³/mol. The Bertz CT molecular complexity index is 1290. The molecule has 0 amide bonds. The molecule has 2 fully saturated rings. The van der Waals surface area contributed by atoms with E-state index in [1.165, 1.54) is 6.07 Å². The lowest BCUT2D eigenvalue weighted by atomic mass is 10.1. The van der Waals surface area contributed by atoms with Crippen LogP contribution in [0.2, 0.25) is 5.02 Å². The van der Waals surface area contributed by atoms with E-state index in [1.807, 2.05) is 13.0 Å². The van der Waals surface area contributed by atoms with Crippen molar-refractivity contribution in [2.75, 3.05) is 38.4 Å². The number of pyridine rings is 1. The predicted octanol–water partition coefficient (Wildman–Crippen LogP) is 3.17. The highest BCUT2D eigenvalue weighted by Gasteiger charge is 2.48. The number of imidazole rings is 1. The quantitative estimate of drug-likeness (QED) is 0.355. The van der Waals surface area contributed by atoms with Gasteiger partial charge in [0, 0.05) is 18.2 Å². The maximum Gasteiger partial charge on any atom is 0.296 e. The average Bonchev–Trinajstić information content (AvgIpc) is 3.64. The lowest BCUT2D eigenvalue weighted by molar-refractivity contribution is 0.00706. The molecule has 0 saturated carbocycles. The van der Waals surface area contributed by atoms with Gasteiger partial charge in [-0.3, -0.25) is 0 Å². The van der Waals surface area contributed by atoms with E-state index in [9.17, 15) is 5.11 Å². The molecular formula is C25H28ClFN4O6. The van der Waals surface area contributed by atoms with Crippen molar-refractivity contribution in [1.82, 2.24) is 15.0 Å². The zero-order valence-corrected chi connectivity index (χ0v) is 21.0. The Morgan fingerprint density at radius 1 is 1.19 bits per heavy atom. The fraction of sp³-hybridized carbons (Fsp3) is 0.520. The SMILES string of the molecule is CCOCCOc1cc(F)c2c(c1)CCC2Nc1nc2nc(O[C@@H]3CO[C@H]4C3OC[C@H]4O)[nH]c2cc1Cl. The summed E-state index contributed by atoms with van der Waals surface area (Å²) in [4.78, 5) is 12.1. The molecule has 5 atom stereocenters. The minimum atomic E-state index is -0.659. The van der Waals surface area contributed by atoms with Gasteiger partial charge in [-0.05, 0) is 37.5 Å². The van der Waals surface area contributed by atoms with Crippen LogP contribution in [0, 0.1) is 5.82 Å². The number of fused-ring (bicyclic) bond motifs is 3. The zero-order valence-electron chi connectivity index (χ0n) is 20.2. The van der Waals surface area contributed by atoms with Crippen LogP contribution >= 0.6 is 11.6 Å². The first-order chi connectivity index (χ1) is 18.0. The second-order valence-electron chi connectivity index (χ2n) is 9.31. The minimum absolute atomic E-state index is 0.217. The number of rotatable bonds is 9. The van der Waals surface area contributed by atoms with E-state index >= 15 is 4.39 Å². The van der Waals surface area contributed by atoms with Crippen LogP contribution < -0.4 is 14.8 Å². The van der Waals surface area contributed by atoms with Crippen LogP contribution in [0.25, 0.3) is 11.2 Å². The number of hydrogen-bond donors (Lipinski definition) is 3. The van der Waals surface area contributed by atoms with Crippen LogP contribution in [0.15, 0.2) is 18.2 Å². The topological polar surface area (TPSA) is 120 Å². The molecule has 3 aromatic rings. The molecule has 4 heterocycles. The zero-order chi connectivity index (χ0) is 25.5. The number of aliphatic hydroxyl groups excluding tert-OH is 1. The Morgan fingerprint density at radius 3 is 2.92 bits per heavy atom. The third kappa shape index (κ3) is 4.82. The Balaban J connectivity index is 1.16. The molecular weight excluding hydrogens is 507 g/mol. The number of halogens is 2. The normalized spacial score (nSPS) is 26.4. The maximum absolute atomic E-state index is 15.1. The molecule has 37 heavy (non-hydrogen) atoms. The summed E-state index contributed by atoms with van der Waals surface area (Å²) in [5, 5.41) is 13.6. The molecule has 6 rings (SSSR count). The van der Waals surface area contributed by atoms with Crippen molar-refractivity contribution in [2.45, 2.75) is 50.2 Å². The van der Waals surface area contributed by atoms with Gasteiger partial charge >= 0.3 is 0 Å². The van der Waals surface area contributed by atoms with Gasteiger partial charge in [-0.15, -0.1) is 0 Å². The van der Waals surface area contributed by atoms with Crippen LogP contribution in [-0.2, 0) is 20.6 Å². The van der Waals surface area contributed by atoms with E-state index < -0.39 is 18.3 Å². The van der Waals surface area contributed by atoms with Crippen molar-refractivity contribution in [2.24, 2.45) is 0 Å². The van der Waals surface area contributed by atoms with Gasteiger partial charge in [-0.25, -0.2) is 9.37 Å². The van der Waals surface area contributed by atoms with Crippen molar-refractivity contribution < 1.29 is 33.2 Å². The highest BCUT2D eigenvalue weighted by Crippen LogP contribution is 2.39. The fourth-order valence-corrected chi connectivity index (χ4v) is 5.39. The molecule has 1 aliphatic carbocycles. The van der Waals surface area contributed by atoms with Crippen LogP contribution in [0.4, 0.5) is 10.2 Å². The Labute approximate surface area is 217 Å². The van der Waals surface area contributed by atoms with Crippen molar-refractivity contribution >= 4 is 28.6 Å². The van der Waals surface area contributed by atoms with E-state index in [1.54, 1.807) is 6.07 Å². The van der Waals surface area contributed by atoms with Crippen molar-refractivity contribution in [3.8, 4) is 11.8 Å². The average molecular weight is 535 g/mol. The standard InChI is InChI=1S/C25H28ClFN4O6/c1-2-33-5-6-34-13-7-12-3-4-16(20(12)15(27)8-13)28-23-14(26)9-17-24(30-23)31-25(29-17)37-19-11-36-21-18(32)10-35-22(19)21/h7-9,16,18-19,21-22,32H,2-6,10-11H2,1H3,(H2,28,29,30,31)/t16?,18-,19-,21-,22?/m1/s1. The molecule has 3 N–H and O–H groups in total. The van der Waals surface area contributed by atoms with Gasteiger partial charge in [0.15, 0.2) is 11.8 Å². The molecule has 12 heteroatoms. The van der Waals surface area contributed by atoms with Gasteiger partial charge in [0.2, 0.25) is 0 Å². The number of aromatic amines is 1. The molecule has 10 nitrogen and oxygen atoms in total. The van der Waals surface area contributed by atoms with E-state index in [4.69, 9.17) is 35.3 Å². The Hall–Kier alpha value is -2.70. The Morgan fingerprint density at radius 2 is 2.05 bits per heavy atom. The monoisotopic (exact) mass is 534 g/mol. The number of aliphatic hydroxyl groups is 1. The number of aromatic nitrogens is 3. The molecule has 2 aromatic heterocycles. The molecule has 0 spiro atoms. The molecule has 2 aliphatic heterocycles. The van der Waals surface area contributed by atoms with E-state index in [0.717, 1.165) is 5.56 Å². The molecule has 3 aliphatic rings. The van der Waals surface area contributed by atoms with Gasteiger partial charge in [0.05, 0.1) is 36.4 Å². The van der Waals surface area contributed by atoms with Crippen LogP contribution in [0.1, 0.15) is 30.5 Å². The summed E-state index contributed by atoms with van der Waals surface area (Å²) in [5.74, 6) is 0.575. The van der Waals surface area contributed by atoms with Crippen LogP contribution in [0.5, 0.6) is 11.8 Å². The van der Waals surface area contributed by atoms with Gasteiger partial charge < -0.3 is 39.1 Å². The highest BCUT2D eigenvalue weighted by atomic mass is 35.5. The van der Waals surface area contributed by atoms with E-state index in [2.05, 4.69) is 20.3 Å². The number of nitrogens with one attached hydrogen (secondary N) is 2. The first kappa shape index (κ1) is 24.6. The summed E-state index contributed by atoms with van der Waals surface area (Å²) in [6, 6.07) is 4.96. The number of hydrogen-bond acceptors (Lipinski definition) is 9. The second kappa shape index (κ2) is 10.2. The first-order valence-electron chi connectivity index (χ1n) is 12.4. The lowest BCUT2D eigenvalue weighted by Crippen LogP contribution is -2.34. The fourth-order valence-electron chi connectivity index (χ4n) is 5.19. The smallest absolute Gasteiger partial charge is 0.296 e. The van der Waals surface area contributed by atoms with Gasteiger partial charge in [-0.2, -0.15) is 4.98 Å². The molecule has 198 valence electrons. The highest BCUT2D eigenvalue weighted by molar-refractivity contribution is 6.33. The summed E-state index contributed by atoms with van der Waals surface area (Å²) in [7, 11) is 0. The van der Waals surface area contributed by atoms with Crippen LogP contribution in [0.3, 0.4) is 0 Å². The summed E-state index contributed by atoms with van der Waals surface area (Å²) in [6.45, 7) is 3.86. The van der Waals surface area contributed by atoms with Gasteiger partial charge in [0.1, 0.15) is 42.3 Å². The van der Waals surface area contributed by atoms with Gasteiger partial charge in [-0.1, -0.05) is 11.6 Å². The summed E-state index contributed by atoms with van der Waals surface area (Å²) < 4.78 is 43.1. The third-order valence-corrected chi connectivity index (χ3v) is 7.19. The summed E-state index contributed by atoms with van der Waals surface area (Å²) in [6.07, 6.45) is -0.421. The number of benzene rings is 1. The summed E-state index contributed by atoms with van der Waals surface area (Å²) in [5.41, 5.74) is 2.49. The van der Waals surface area contributed by atoms with E-state index in [0.29, 0.717) is 66.0 Å². The molecule has 2 saturated heterocycles. The molecule has 1 aromatic carbocycles. The van der Waals surface area contributed by atoms with Crippen molar-refractivity contribution in [3.63, 3.8) is 0 Å². The van der Waals surface area contributed by atoms with Gasteiger partial charge in [0.25, 0.3) is 6.01 Å². The van der Waals surface area contributed by atoms with Crippen molar-refractivity contribution in [1.29, 1.82) is 0 Å². The minimum Gasteiger partial charge on any atom is -0.491 e. The number of nitrogens with zero attached hydrogens (tertiary/aromatic N) is 2. The number of aryl methyl sites for hydroxylation is 1. The number of H-pyrrole nitrogens is 1.